The van der Waals surface area contributed by atoms with E-state index in [0.29, 0.717) is 17.9 Å². The van der Waals surface area contributed by atoms with Crippen LogP contribution in [-0.2, 0) is 26.2 Å². The van der Waals surface area contributed by atoms with Crippen LogP contribution in [0.15, 0.2) is 54.9 Å². The molecule has 7 heteroatoms. The fourth-order valence-electron chi connectivity index (χ4n) is 4.10. The van der Waals surface area contributed by atoms with Crippen molar-refractivity contribution in [1.29, 1.82) is 0 Å². The maximum atomic E-state index is 12.9. The van der Waals surface area contributed by atoms with E-state index < -0.39 is 11.7 Å². The van der Waals surface area contributed by atoms with E-state index in [2.05, 4.69) is 15.0 Å². The number of aryl methyl sites for hydroxylation is 1. The van der Waals surface area contributed by atoms with Crippen LogP contribution >= 0.6 is 0 Å². The average molecular weight is 414 g/mol. The highest BCUT2D eigenvalue weighted by atomic mass is 19.4. The van der Waals surface area contributed by atoms with Gasteiger partial charge in [0.15, 0.2) is 0 Å². The Bertz CT molecular complexity index is 979. The van der Waals surface area contributed by atoms with Crippen molar-refractivity contribution in [3.8, 4) is 0 Å². The van der Waals surface area contributed by atoms with Gasteiger partial charge >= 0.3 is 6.18 Å². The summed E-state index contributed by atoms with van der Waals surface area (Å²) in [5.74, 6) is 0.370. The van der Waals surface area contributed by atoms with Crippen molar-refractivity contribution in [2.45, 2.75) is 37.9 Å². The highest BCUT2D eigenvalue weighted by Gasteiger charge is 2.30. The van der Waals surface area contributed by atoms with E-state index in [0.717, 1.165) is 49.8 Å². The molecule has 1 fully saturated rings. The van der Waals surface area contributed by atoms with Gasteiger partial charge in [-0.25, -0.2) is 0 Å². The van der Waals surface area contributed by atoms with Crippen LogP contribution in [0.5, 0.6) is 0 Å². The van der Waals surface area contributed by atoms with E-state index in [-0.39, 0.29) is 0 Å². The van der Waals surface area contributed by atoms with Crippen LogP contribution in [0.3, 0.4) is 0 Å². The molecule has 1 aliphatic rings. The average Bonchev–Trinajstić information content (AvgIpc) is 3.13. The van der Waals surface area contributed by atoms with E-state index in [1.165, 1.54) is 17.8 Å². The Morgan fingerprint density at radius 2 is 1.97 bits per heavy atom. The van der Waals surface area contributed by atoms with Crippen molar-refractivity contribution in [3.05, 3.63) is 82.9 Å². The van der Waals surface area contributed by atoms with Gasteiger partial charge in [0.05, 0.1) is 11.3 Å². The molecule has 1 aromatic carbocycles. The number of aromatic nitrogens is 3. The zero-order valence-electron chi connectivity index (χ0n) is 16.9. The summed E-state index contributed by atoms with van der Waals surface area (Å²) in [6, 6.07) is 11.6. The van der Waals surface area contributed by atoms with Crippen LogP contribution in [-0.4, -0.2) is 32.8 Å². The third-order valence-corrected chi connectivity index (χ3v) is 5.74. The van der Waals surface area contributed by atoms with Crippen molar-refractivity contribution < 1.29 is 13.2 Å². The van der Waals surface area contributed by atoms with E-state index in [1.807, 2.05) is 36.1 Å². The van der Waals surface area contributed by atoms with E-state index >= 15 is 0 Å². The molecule has 30 heavy (non-hydrogen) atoms. The number of alkyl halides is 3. The molecule has 158 valence electrons. The number of likely N-dealkylation sites (tertiary alicyclic amines) is 1. The molecule has 0 unspecified atom stereocenters. The molecular weight excluding hydrogens is 389 g/mol. The van der Waals surface area contributed by atoms with Crippen LogP contribution < -0.4 is 0 Å². The summed E-state index contributed by atoms with van der Waals surface area (Å²) in [5, 5.41) is 4.24. The largest absolute Gasteiger partial charge is 0.416 e. The van der Waals surface area contributed by atoms with Gasteiger partial charge in [0, 0.05) is 44.1 Å². The lowest BCUT2D eigenvalue weighted by Crippen LogP contribution is -2.34. The summed E-state index contributed by atoms with van der Waals surface area (Å²) < 4.78 is 40.7. The van der Waals surface area contributed by atoms with Crippen LogP contribution in [0, 0.1) is 0 Å². The van der Waals surface area contributed by atoms with Gasteiger partial charge < -0.3 is 0 Å². The van der Waals surface area contributed by atoms with Crippen molar-refractivity contribution in [3.63, 3.8) is 0 Å². The lowest BCUT2D eigenvalue weighted by atomic mass is 9.93. The molecular formula is C23H25F3N4. The quantitative estimate of drug-likeness (QED) is 0.601. The first-order chi connectivity index (χ1) is 14.4. The fraction of sp³-hybridized carbons (Fsp3) is 0.391. The molecule has 3 aromatic rings. The van der Waals surface area contributed by atoms with Crippen molar-refractivity contribution in [2.24, 2.45) is 7.05 Å². The third-order valence-electron chi connectivity index (χ3n) is 5.74. The molecule has 1 saturated heterocycles. The molecule has 0 aliphatic carbocycles. The van der Waals surface area contributed by atoms with Gasteiger partial charge in [0.1, 0.15) is 0 Å². The van der Waals surface area contributed by atoms with Gasteiger partial charge in [-0.1, -0.05) is 24.3 Å². The highest BCUT2D eigenvalue weighted by Crippen LogP contribution is 2.30. The number of nitrogens with zero attached hydrogens (tertiary/aromatic N) is 4. The first-order valence-electron chi connectivity index (χ1n) is 10.2. The maximum Gasteiger partial charge on any atom is 0.416 e. The number of hydrogen-bond acceptors (Lipinski definition) is 3. The Balaban J connectivity index is 1.40. The minimum atomic E-state index is -4.32. The molecule has 0 bridgehead atoms. The topological polar surface area (TPSA) is 34.0 Å². The molecule has 3 heterocycles. The summed E-state index contributed by atoms with van der Waals surface area (Å²) in [4.78, 5) is 7.09. The SMILES string of the molecule is Cn1nccc1CN1CCC[C@@H](c2ccc(Cc3cccc(C(F)(F)F)c3)cn2)C1. The lowest BCUT2D eigenvalue weighted by molar-refractivity contribution is -0.137. The number of hydrogen-bond donors (Lipinski definition) is 0. The zero-order valence-corrected chi connectivity index (χ0v) is 16.9. The van der Waals surface area contributed by atoms with Gasteiger partial charge in [0.25, 0.3) is 0 Å². The Labute approximate surface area is 174 Å². The lowest BCUT2D eigenvalue weighted by Gasteiger charge is -2.32. The van der Waals surface area contributed by atoms with E-state index in [9.17, 15) is 13.2 Å². The summed E-state index contributed by atoms with van der Waals surface area (Å²) in [5.41, 5.74) is 3.19. The molecule has 0 radical (unpaired) electrons. The minimum Gasteiger partial charge on any atom is -0.297 e. The predicted octanol–water partition coefficient (Wildman–Crippen LogP) is 4.80. The number of piperidine rings is 1. The number of pyridine rings is 1. The normalized spacial score (nSPS) is 17.9. The third kappa shape index (κ3) is 4.90. The van der Waals surface area contributed by atoms with Crippen molar-refractivity contribution in [2.75, 3.05) is 13.1 Å². The summed E-state index contributed by atoms with van der Waals surface area (Å²) in [6.07, 6.45) is 1.96. The molecule has 1 atom stereocenters. The van der Waals surface area contributed by atoms with Crippen molar-refractivity contribution >= 4 is 0 Å². The molecule has 2 aromatic heterocycles. The van der Waals surface area contributed by atoms with Crippen molar-refractivity contribution in [1.82, 2.24) is 19.7 Å². The number of benzene rings is 1. The Morgan fingerprint density at radius 3 is 2.67 bits per heavy atom. The van der Waals surface area contributed by atoms with Crippen LogP contribution in [0.4, 0.5) is 13.2 Å². The monoisotopic (exact) mass is 414 g/mol. The second-order valence-electron chi connectivity index (χ2n) is 7.99. The maximum absolute atomic E-state index is 12.9. The van der Waals surface area contributed by atoms with E-state index in [1.54, 1.807) is 12.3 Å². The Morgan fingerprint density at radius 1 is 1.10 bits per heavy atom. The first-order valence-corrected chi connectivity index (χ1v) is 10.2. The zero-order chi connectivity index (χ0) is 21.1. The van der Waals surface area contributed by atoms with Gasteiger partial charge in [-0.2, -0.15) is 18.3 Å². The Kier molecular flexibility index (Phi) is 5.90. The summed E-state index contributed by atoms with van der Waals surface area (Å²) in [6.45, 7) is 2.89. The fourth-order valence-corrected chi connectivity index (χ4v) is 4.10. The number of halogens is 3. The smallest absolute Gasteiger partial charge is 0.297 e. The predicted molar refractivity (Wildman–Crippen MR) is 109 cm³/mol. The first kappa shape index (κ1) is 20.6. The van der Waals surface area contributed by atoms with Crippen LogP contribution in [0.1, 0.15) is 46.8 Å². The summed E-state index contributed by atoms with van der Waals surface area (Å²) in [7, 11) is 1.96. The van der Waals surface area contributed by atoms with E-state index in [4.69, 9.17) is 0 Å². The molecule has 4 nitrogen and oxygen atoms in total. The molecule has 0 N–H and O–H groups in total. The van der Waals surface area contributed by atoms with Gasteiger partial charge in [-0.15, -0.1) is 0 Å². The molecule has 1 aliphatic heterocycles. The highest BCUT2D eigenvalue weighted by molar-refractivity contribution is 5.30. The standard InChI is InChI=1S/C23H25F3N4/c1-29-21(9-10-28-29)16-30-11-3-5-19(15-30)22-8-7-18(14-27-22)12-17-4-2-6-20(13-17)23(24,25)26/h2,4,6-10,13-14,19H,3,5,11-12,15-16H2,1H3/t19-/m1/s1. The van der Waals surface area contributed by atoms with Crippen LogP contribution in [0.2, 0.25) is 0 Å². The van der Waals surface area contributed by atoms with Gasteiger partial charge in [-0.3, -0.25) is 14.6 Å². The molecule has 0 amide bonds. The molecule has 0 spiro atoms. The van der Waals surface area contributed by atoms with Crippen LogP contribution in [0.25, 0.3) is 0 Å². The van der Waals surface area contributed by atoms with Gasteiger partial charge in [-0.05, 0) is 55.1 Å². The minimum absolute atomic E-state index is 0.370. The summed E-state index contributed by atoms with van der Waals surface area (Å²) >= 11 is 0. The second-order valence-corrected chi connectivity index (χ2v) is 7.99. The van der Waals surface area contributed by atoms with Gasteiger partial charge in [0.2, 0.25) is 0 Å². The molecule has 4 rings (SSSR count). The number of rotatable bonds is 5. The molecule has 0 saturated carbocycles. The second kappa shape index (κ2) is 8.60. The Hall–Kier alpha value is -2.67.